The number of rotatable bonds is 4. The zero-order valence-electron chi connectivity index (χ0n) is 10.2. The maximum atomic E-state index is 12.3. The second-order valence-corrected chi connectivity index (χ2v) is 3.63. The third kappa shape index (κ3) is 8.36. The van der Waals surface area contributed by atoms with Crippen molar-refractivity contribution >= 4 is 11.9 Å². The van der Waals surface area contributed by atoms with Crippen LogP contribution in [0.1, 0.15) is 0 Å². The second-order valence-electron chi connectivity index (χ2n) is 3.63. The third-order valence-electron chi connectivity index (χ3n) is 1.74. The Morgan fingerprint density at radius 3 is 1.59 bits per heavy atom. The molecule has 0 spiro atoms. The summed E-state index contributed by atoms with van der Waals surface area (Å²) in [6, 6.07) is 0. The van der Waals surface area contributed by atoms with Gasteiger partial charge in [-0.15, -0.1) is 0 Å². The van der Waals surface area contributed by atoms with Crippen LogP contribution in [0.4, 0.5) is 39.5 Å². The number of halogens is 9. The summed E-state index contributed by atoms with van der Waals surface area (Å²) < 4.78 is 111. The van der Waals surface area contributed by atoms with Gasteiger partial charge in [-0.25, -0.2) is 9.18 Å². The molecule has 0 aromatic heterocycles. The van der Waals surface area contributed by atoms with E-state index in [0.717, 1.165) is 0 Å². The normalized spacial score (nSPS) is 11.9. The number of nitrogens with zero attached hydrogens (tertiary/aromatic N) is 1. The van der Waals surface area contributed by atoms with Gasteiger partial charge in [-0.05, 0) is 0 Å². The van der Waals surface area contributed by atoms with E-state index in [-0.39, 0.29) is 0 Å². The maximum absolute atomic E-state index is 12.3. The van der Waals surface area contributed by atoms with E-state index in [4.69, 9.17) is 0 Å². The lowest BCUT2D eigenvalue weighted by Gasteiger charge is -2.23. The summed E-state index contributed by atoms with van der Waals surface area (Å²) in [6.07, 6.45) is -13.5. The summed E-state index contributed by atoms with van der Waals surface area (Å²) in [7, 11) is 0. The minimum absolute atomic E-state index is 0.949. The van der Waals surface area contributed by atoms with Crippen molar-refractivity contribution in [1.82, 2.24) is 4.90 Å². The molecule has 0 bridgehead atoms. The van der Waals surface area contributed by atoms with Crippen molar-refractivity contribution in [3.05, 3.63) is 11.9 Å². The van der Waals surface area contributed by atoms with Gasteiger partial charge in [0.2, 0.25) is 5.83 Å². The van der Waals surface area contributed by atoms with Crippen LogP contribution in [0, 0.1) is 0 Å². The number of ether oxygens (including phenoxy) is 1. The molecule has 0 saturated carbocycles. The van der Waals surface area contributed by atoms with Gasteiger partial charge in [0.15, 0.2) is 0 Å². The zero-order valence-corrected chi connectivity index (χ0v) is 10.2. The molecule has 0 aromatic carbocycles. The highest BCUT2D eigenvalue weighted by Gasteiger charge is 2.41. The molecule has 128 valence electrons. The molecule has 0 unspecified atom stereocenters. The fourth-order valence-electron chi connectivity index (χ4n) is 1.01. The van der Waals surface area contributed by atoms with E-state index in [0.29, 0.717) is 0 Å². The summed E-state index contributed by atoms with van der Waals surface area (Å²) >= 11 is 0. The molecule has 0 saturated heterocycles. The molecule has 0 aliphatic heterocycles. The molecule has 0 fully saturated rings. The molecule has 0 heterocycles. The fraction of sp³-hybridized carbons (Fsp3) is 0.556. The number of amides is 1. The number of alkyl halides is 6. The van der Waals surface area contributed by atoms with Gasteiger partial charge in [0.05, 0.1) is 0 Å². The third-order valence-corrected chi connectivity index (χ3v) is 1.74. The standard InChI is InChI=1S/C9H6F9NO3/c10-4(5(11)12)1-22-7(21)6(20)19(2-8(13,14)15)3-9(16,17)18/h1-3H2. The van der Waals surface area contributed by atoms with E-state index >= 15 is 0 Å². The second kappa shape index (κ2) is 7.35. The van der Waals surface area contributed by atoms with Crippen molar-refractivity contribution < 1.29 is 53.8 Å². The first-order valence-electron chi connectivity index (χ1n) is 5.02. The fourth-order valence-corrected chi connectivity index (χ4v) is 1.01. The first-order valence-corrected chi connectivity index (χ1v) is 5.02. The van der Waals surface area contributed by atoms with Crippen LogP contribution in [-0.4, -0.2) is 48.8 Å². The summed E-state index contributed by atoms with van der Waals surface area (Å²) in [4.78, 5) is 21.1. The lowest BCUT2D eigenvalue weighted by atomic mass is 10.4. The van der Waals surface area contributed by atoms with E-state index in [2.05, 4.69) is 4.74 Å². The Kier molecular flexibility index (Phi) is 6.70. The highest BCUT2D eigenvalue weighted by atomic mass is 19.4. The van der Waals surface area contributed by atoms with Crippen molar-refractivity contribution in [1.29, 1.82) is 0 Å². The van der Waals surface area contributed by atoms with Crippen molar-refractivity contribution in [2.75, 3.05) is 19.7 Å². The van der Waals surface area contributed by atoms with Crippen LogP contribution in [0.15, 0.2) is 11.9 Å². The minimum atomic E-state index is -5.27. The summed E-state index contributed by atoms with van der Waals surface area (Å²) in [5.74, 6) is -7.05. The first kappa shape index (κ1) is 20.1. The highest BCUT2D eigenvalue weighted by molar-refractivity contribution is 6.32. The molecular formula is C9H6F9NO3. The van der Waals surface area contributed by atoms with Crippen LogP contribution in [-0.2, 0) is 14.3 Å². The van der Waals surface area contributed by atoms with Gasteiger partial charge < -0.3 is 9.64 Å². The predicted octanol–water partition coefficient (Wildman–Crippen LogP) is 2.56. The minimum Gasteiger partial charge on any atom is -0.451 e. The molecule has 1 amide bonds. The van der Waals surface area contributed by atoms with Crippen LogP contribution in [0.3, 0.4) is 0 Å². The molecule has 0 N–H and O–H groups in total. The first-order chi connectivity index (χ1) is 9.73. The summed E-state index contributed by atoms with van der Waals surface area (Å²) in [5.41, 5.74) is 0. The van der Waals surface area contributed by atoms with Crippen LogP contribution >= 0.6 is 0 Å². The average molecular weight is 347 g/mol. The molecule has 0 atom stereocenters. The number of hydrogen-bond acceptors (Lipinski definition) is 3. The summed E-state index contributed by atoms with van der Waals surface area (Å²) in [6.45, 7) is -6.68. The molecule has 0 rings (SSSR count). The molecule has 0 aliphatic carbocycles. The molecular weight excluding hydrogens is 341 g/mol. The monoisotopic (exact) mass is 347 g/mol. The highest BCUT2D eigenvalue weighted by Crippen LogP contribution is 2.22. The number of hydrogen-bond donors (Lipinski definition) is 0. The van der Waals surface area contributed by atoms with Crippen LogP contribution in [0.5, 0.6) is 0 Å². The molecule has 0 aromatic rings. The SMILES string of the molecule is O=C(OCC(F)=C(F)F)C(=O)N(CC(F)(F)F)CC(F)(F)F. The molecule has 13 heteroatoms. The Bertz CT molecular complexity index is 434. The van der Waals surface area contributed by atoms with Gasteiger partial charge in [-0.1, -0.05) is 0 Å². The number of carbonyl (C=O) groups is 2. The van der Waals surface area contributed by atoms with E-state index in [1.165, 1.54) is 0 Å². The van der Waals surface area contributed by atoms with Crippen LogP contribution < -0.4 is 0 Å². The van der Waals surface area contributed by atoms with Gasteiger partial charge in [-0.3, -0.25) is 4.79 Å². The number of carbonyl (C=O) groups excluding carboxylic acids is 2. The molecule has 0 aliphatic rings. The smallest absolute Gasteiger partial charge is 0.406 e. The van der Waals surface area contributed by atoms with E-state index < -0.39 is 60.7 Å². The Labute approximate surface area is 116 Å². The van der Waals surface area contributed by atoms with E-state index in [9.17, 15) is 49.1 Å². The van der Waals surface area contributed by atoms with Crippen LogP contribution in [0.25, 0.3) is 0 Å². The van der Waals surface area contributed by atoms with Gasteiger partial charge in [0, 0.05) is 0 Å². The Morgan fingerprint density at radius 1 is 0.864 bits per heavy atom. The predicted molar refractivity (Wildman–Crippen MR) is 50.0 cm³/mol. The maximum Gasteiger partial charge on any atom is 0.406 e. The van der Waals surface area contributed by atoms with Crippen molar-refractivity contribution in [3.63, 3.8) is 0 Å². The Hall–Kier alpha value is -1.95. The van der Waals surface area contributed by atoms with Gasteiger partial charge >= 0.3 is 30.3 Å². The van der Waals surface area contributed by atoms with E-state index in [1.807, 2.05) is 0 Å². The zero-order chi connectivity index (χ0) is 17.7. The lowest BCUT2D eigenvalue weighted by Crippen LogP contribution is -2.47. The molecule has 0 radical (unpaired) electrons. The van der Waals surface area contributed by atoms with E-state index in [1.54, 1.807) is 0 Å². The quantitative estimate of drug-likeness (QED) is 0.446. The van der Waals surface area contributed by atoms with Crippen molar-refractivity contribution in [2.45, 2.75) is 12.4 Å². The van der Waals surface area contributed by atoms with Crippen molar-refractivity contribution in [3.8, 4) is 0 Å². The lowest BCUT2D eigenvalue weighted by molar-refractivity contribution is -0.191. The Morgan fingerprint density at radius 2 is 1.27 bits per heavy atom. The van der Waals surface area contributed by atoms with Crippen LogP contribution in [0.2, 0.25) is 0 Å². The Balaban J connectivity index is 4.95. The number of esters is 1. The van der Waals surface area contributed by atoms with Crippen molar-refractivity contribution in [2.24, 2.45) is 0 Å². The molecule has 22 heavy (non-hydrogen) atoms. The average Bonchev–Trinajstić information content (AvgIpc) is 2.29. The topological polar surface area (TPSA) is 46.6 Å². The largest absolute Gasteiger partial charge is 0.451 e. The van der Waals surface area contributed by atoms with Gasteiger partial charge in [-0.2, -0.15) is 35.1 Å². The molecule has 4 nitrogen and oxygen atoms in total. The summed E-state index contributed by atoms with van der Waals surface area (Å²) in [5, 5.41) is 0. The van der Waals surface area contributed by atoms with Gasteiger partial charge in [0.25, 0.3) is 0 Å². The van der Waals surface area contributed by atoms with Gasteiger partial charge in [0.1, 0.15) is 19.7 Å².